The third kappa shape index (κ3) is 7.14. The maximum Gasteiger partial charge on any atom is 0.326 e. The van der Waals surface area contributed by atoms with Gasteiger partial charge in [0.1, 0.15) is 6.04 Å². The third-order valence-corrected chi connectivity index (χ3v) is 2.94. The lowest BCUT2D eigenvalue weighted by atomic mass is 10.1. The Kier molecular flexibility index (Phi) is 6.44. The van der Waals surface area contributed by atoms with Crippen LogP contribution < -0.4 is 21.7 Å². The lowest BCUT2D eigenvalue weighted by molar-refractivity contribution is -0.139. The highest BCUT2D eigenvalue weighted by Gasteiger charge is 2.29. The van der Waals surface area contributed by atoms with Gasteiger partial charge in [-0.05, 0) is 19.3 Å². The van der Waals surface area contributed by atoms with Gasteiger partial charge >= 0.3 is 12.0 Å². The van der Waals surface area contributed by atoms with Crippen molar-refractivity contribution >= 4 is 23.8 Å². The quantitative estimate of drug-likeness (QED) is 0.329. The first-order valence-corrected chi connectivity index (χ1v) is 6.73. The first kappa shape index (κ1) is 16.7. The molecule has 0 unspecified atom stereocenters. The molecule has 1 rings (SSSR count). The summed E-state index contributed by atoms with van der Waals surface area (Å²) in [6, 6.07) is -1.86. The van der Waals surface area contributed by atoms with E-state index >= 15 is 0 Å². The van der Waals surface area contributed by atoms with Crippen molar-refractivity contribution in [3.05, 3.63) is 0 Å². The SMILES string of the molecule is NC(=O)CC[C@H](NC(=O)NCCNC(=O)C1CC1)C(=O)O. The molecule has 0 aromatic heterocycles. The third-order valence-electron chi connectivity index (χ3n) is 2.94. The molecule has 1 aliphatic rings. The maximum atomic E-state index is 11.5. The van der Waals surface area contributed by atoms with E-state index < -0.39 is 23.9 Å². The maximum absolute atomic E-state index is 11.5. The van der Waals surface area contributed by atoms with E-state index in [2.05, 4.69) is 16.0 Å². The van der Waals surface area contributed by atoms with Gasteiger partial charge in [-0.25, -0.2) is 9.59 Å². The van der Waals surface area contributed by atoms with Crippen LogP contribution in [-0.2, 0) is 14.4 Å². The second-order valence-corrected chi connectivity index (χ2v) is 4.86. The predicted molar refractivity (Wildman–Crippen MR) is 72.1 cm³/mol. The molecular weight excluding hydrogens is 280 g/mol. The molecule has 1 fully saturated rings. The van der Waals surface area contributed by atoms with Gasteiger partial charge in [0.25, 0.3) is 0 Å². The van der Waals surface area contributed by atoms with Crippen molar-refractivity contribution in [3.63, 3.8) is 0 Å². The molecule has 118 valence electrons. The van der Waals surface area contributed by atoms with Crippen molar-refractivity contribution in [1.82, 2.24) is 16.0 Å². The number of primary amides is 1. The zero-order valence-corrected chi connectivity index (χ0v) is 11.6. The van der Waals surface area contributed by atoms with Crippen molar-refractivity contribution in [1.29, 1.82) is 0 Å². The zero-order valence-electron chi connectivity index (χ0n) is 11.6. The Labute approximate surface area is 121 Å². The van der Waals surface area contributed by atoms with Crippen molar-refractivity contribution < 1.29 is 24.3 Å². The van der Waals surface area contributed by atoms with E-state index in [1.807, 2.05) is 0 Å². The summed E-state index contributed by atoms with van der Waals surface area (Å²) in [6.07, 6.45) is 1.60. The highest BCUT2D eigenvalue weighted by atomic mass is 16.4. The lowest BCUT2D eigenvalue weighted by Crippen LogP contribution is -2.47. The van der Waals surface area contributed by atoms with E-state index in [1.54, 1.807) is 0 Å². The van der Waals surface area contributed by atoms with Gasteiger partial charge < -0.3 is 26.8 Å². The van der Waals surface area contributed by atoms with Crippen LogP contribution in [0.1, 0.15) is 25.7 Å². The molecule has 0 spiro atoms. The van der Waals surface area contributed by atoms with E-state index in [-0.39, 0.29) is 37.8 Å². The van der Waals surface area contributed by atoms with Crippen molar-refractivity contribution in [2.45, 2.75) is 31.7 Å². The first-order valence-electron chi connectivity index (χ1n) is 6.73. The molecule has 0 aromatic carbocycles. The Morgan fingerprint density at radius 1 is 1.14 bits per heavy atom. The van der Waals surface area contributed by atoms with Gasteiger partial charge in [0, 0.05) is 25.4 Å². The fraction of sp³-hybridized carbons (Fsp3) is 0.667. The average molecular weight is 300 g/mol. The number of hydrogen-bond donors (Lipinski definition) is 5. The summed E-state index contributed by atoms with van der Waals surface area (Å²) in [5, 5.41) is 16.2. The fourth-order valence-corrected chi connectivity index (χ4v) is 1.60. The monoisotopic (exact) mass is 300 g/mol. The predicted octanol–water partition coefficient (Wildman–Crippen LogP) is -1.47. The Morgan fingerprint density at radius 2 is 1.76 bits per heavy atom. The van der Waals surface area contributed by atoms with Gasteiger partial charge in [-0.15, -0.1) is 0 Å². The number of rotatable bonds is 9. The largest absolute Gasteiger partial charge is 0.480 e. The van der Waals surface area contributed by atoms with E-state index in [4.69, 9.17) is 10.8 Å². The van der Waals surface area contributed by atoms with Crippen LogP contribution in [0.25, 0.3) is 0 Å². The van der Waals surface area contributed by atoms with Gasteiger partial charge in [0.2, 0.25) is 11.8 Å². The number of carbonyl (C=O) groups is 4. The summed E-state index contributed by atoms with van der Waals surface area (Å²) >= 11 is 0. The van der Waals surface area contributed by atoms with Gasteiger partial charge in [-0.2, -0.15) is 0 Å². The van der Waals surface area contributed by atoms with E-state index in [9.17, 15) is 19.2 Å². The second-order valence-electron chi connectivity index (χ2n) is 4.86. The Morgan fingerprint density at radius 3 is 2.29 bits per heavy atom. The second kappa shape index (κ2) is 8.08. The highest BCUT2D eigenvalue weighted by Crippen LogP contribution is 2.28. The van der Waals surface area contributed by atoms with Crippen LogP contribution in [0.3, 0.4) is 0 Å². The topological polar surface area (TPSA) is 151 Å². The minimum absolute atomic E-state index is 0.0259. The summed E-state index contributed by atoms with van der Waals surface area (Å²) in [5.41, 5.74) is 4.93. The molecule has 0 heterocycles. The molecule has 1 saturated carbocycles. The number of urea groups is 1. The molecule has 9 heteroatoms. The minimum atomic E-state index is -1.24. The average Bonchev–Trinajstić information content (AvgIpc) is 3.23. The number of carboxylic acid groups (broad SMARTS) is 1. The number of nitrogens with one attached hydrogen (secondary N) is 3. The first-order chi connectivity index (χ1) is 9.90. The number of carbonyl (C=O) groups excluding carboxylic acids is 3. The fourth-order valence-electron chi connectivity index (χ4n) is 1.60. The molecule has 0 aromatic rings. The van der Waals surface area contributed by atoms with Crippen molar-refractivity contribution in [2.75, 3.05) is 13.1 Å². The number of hydrogen-bond acceptors (Lipinski definition) is 4. The smallest absolute Gasteiger partial charge is 0.326 e. The minimum Gasteiger partial charge on any atom is -0.480 e. The van der Waals surface area contributed by atoms with Crippen LogP contribution in [0.5, 0.6) is 0 Å². The van der Waals surface area contributed by atoms with Crippen LogP contribution in [0.2, 0.25) is 0 Å². The van der Waals surface area contributed by atoms with Gasteiger partial charge in [-0.3, -0.25) is 9.59 Å². The molecule has 1 atom stereocenters. The number of aliphatic carboxylic acids is 1. The number of nitrogens with two attached hydrogens (primary N) is 1. The molecule has 9 nitrogen and oxygen atoms in total. The molecule has 4 amide bonds. The summed E-state index contributed by atoms with van der Waals surface area (Å²) in [5.74, 6) is -1.80. The van der Waals surface area contributed by atoms with Gasteiger partial charge in [-0.1, -0.05) is 0 Å². The number of amides is 4. The zero-order chi connectivity index (χ0) is 15.8. The van der Waals surface area contributed by atoms with E-state index in [1.165, 1.54) is 0 Å². The standard InChI is InChI=1S/C12H20N4O5/c13-9(17)4-3-8(11(19)20)16-12(21)15-6-5-14-10(18)7-1-2-7/h7-8H,1-6H2,(H2,13,17)(H,14,18)(H,19,20)(H2,15,16,21)/t8-/m0/s1. The van der Waals surface area contributed by atoms with Crippen LogP contribution in [0.4, 0.5) is 4.79 Å². The van der Waals surface area contributed by atoms with Crippen molar-refractivity contribution in [3.8, 4) is 0 Å². The molecular formula is C12H20N4O5. The molecule has 21 heavy (non-hydrogen) atoms. The summed E-state index contributed by atoms with van der Waals surface area (Å²) in [4.78, 5) is 44.3. The summed E-state index contributed by atoms with van der Waals surface area (Å²) in [6.45, 7) is 0.466. The molecule has 0 bridgehead atoms. The van der Waals surface area contributed by atoms with Crippen molar-refractivity contribution in [2.24, 2.45) is 11.7 Å². The Balaban J connectivity index is 2.18. The Bertz CT molecular complexity index is 422. The summed E-state index contributed by atoms with van der Waals surface area (Å²) in [7, 11) is 0. The van der Waals surface area contributed by atoms with Crippen LogP contribution >= 0.6 is 0 Å². The lowest BCUT2D eigenvalue weighted by Gasteiger charge is -2.14. The van der Waals surface area contributed by atoms with Gasteiger partial charge in [0.15, 0.2) is 0 Å². The van der Waals surface area contributed by atoms with Crippen LogP contribution in [-0.4, -0.2) is 48.1 Å². The molecule has 0 radical (unpaired) electrons. The highest BCUT2D eigenvalue weighted by molar-refractivity contribution is 5.83. The van der Waals surface area contributed by atoms with Crippen LogP contribution in [0, 0.1) is 5.92 Å². The molecule has 1 aliphatic carbocycles. The normalized spacial score (nSPS) is 14.9. The molecule has 6 N–H and O–H groups in total. The molecule has 0 saturated heterocycles. The van der Waals surface area contributed by atoms with E-state index in [0.717, 1.165) is 12.8 Å². The number of carboxylic acids is 1. The molecule has 0 aliphatic heterocycles. The van der Waals surface area contributed by atoms with Crippen LogP contribution in [0.15, 0.2) is 0 Å². The Hall–Kier alpha value is -2.32. The summed E-state index contributed by atoms with van der Waals surface area (Å²) < 4.78 is 0. The van der Waals surface area contributed by atoms with E-state index in [0.29, 0.717) is 0 Å². The van der Waals surface area contributed by atoms with Gasteiger partial charge in [0.05, 0.1) is 0 Å².